The van der Waals surface area contributed by atoms with Crippen molar-refractivity contribution in [2.24, 2.45) is 0 Å². The Morgan fingerprint density at radius 2 is 1.65 bits per heavy atom. The molecule has 31 heavy (non-hydrogen) atoms. The molecule has 1 aliphatic rings. The van der Waals surface area contributed by atoms with Crippen LogP contribution in [0, 0.1) is 0 Å². The number of carbonyl (C=O) groups is 1. The van der Waals surface area contributed by atoms with Gasteiger partial charge in [0, 0.05) is 27.8 Å². The Morgan fingerprint density at radius 1 is 1.00 bits per heavy atom. The van der Waals surface area contributed by atoms with Crippen molar-refractivity contribution in [2.75, 3.05) is 19.9 Å². The first-order valence-corrected chi connectivity index (χ1v) is 14.7. The lowest BCUT2D eigenvalue weighted by Crippen LogP contribution is -2.46. The fraction of sp³-hybridized carbons (Fsp3) is 0.458. The summed E-state index contributed by atoms with van der Waals surface area (Å²) in [5.41, 5.74) is 5.26. The molecule has 168 valence electrons. The molecule has 0 aromatic heterocycles. The van der Waals surface area contributed by atoms with Crippen molar-refractivity contribution >= 4 is 14.1 Å². The minimum absolute atomic E-state index is 0.149. The van der Waals surface area contributed by atoms with Crippen LogP contribution in [0.4, 0.5) is 4.79 Å². The van der Waals surface area contributed by atoms with Crippen molar-refractivity contribution in [3.8, 4) is 0 Å². The van der Waals surface area contributed by atoms with E-state index in [1.807, 2.05) is 41.4 Å². The van der Waals surface area contributed by atoms with Gasteiger partial charge in [-0.3, -0.25) is 5.43 Å². The number of rotatable bonds is 10. The SMILES string of the molecule is C[Si](C)(C)CCOCO[C@@H]1CN(Cc2ccccc2)NC(=O)N[C@@H]1Cc1ccccc1. The molecule has 2 N–H and O–H groups in total. The van der Waals surface area contributed by atoms with Gasteiger partial charge in [0.05, 0.1) is 12.1 Å². The second-order valence-corrected chi connectivity index (χ2v) is 14.9. The predicted molar refractivity (Wildman–Crippen MR) is 126 cm³/mol. The zero-order valence-electron chi connectivity index (χ0n) is 18.8. The topological polar surface area (TPSA) is 62.8 Å². The highest BCUT2D eigenvalue weighted by molar-refractivity contribution is 6.76. The summed E-state index contributed by atoms with van der Waals surface area (Å²) < 4.78 is 12.0. The molecule has 0 spiro atoms. The normalized spacial score (nSPS) is 20.0. The van der Waals surface area contributed by atoms with Gasteiger partial charge in [-0.1, -0.05) is 80.3 Å². The fourth-order valence-corrected chi connectivity index (χ4v) is 4.28. The molecule has 6 nitrogen and oxygen atoms in total. The molecule has 0 aliphatic carbocycles. The first-order chi connectivity index (χ1) is 14.9. The average molecular weight is 442 g/mol. The summed E-state index contributed by atoms with van der Waals surface area (Å²) in [5, 5.41) is 5.01. The van der Waals surface area contributed by atoms with Crippen molar-refractivity contribution in [3.05, 3.63) is 71.8 Å². The van der Waals surface area contributed by atoms with E-state index in [9.17, 15) is 4.79 Å². The lowest BCUT2D eigenvalue weighted by atomic mass is 10.0. The second-order valence-electron chi connectivity index (χ2n) is 9.29. The van der Waals surface area contributed by atoms with Crippen LogP contribution in [-0.2, 0) is 22.4 Å². The molecular formula is C24H35N3O3Si. The van der Waals surface area contributed by atoms with Gasteiger partial charge in [-0.25, -0.2) is 9.80 Å². The first kappa shape index (κ1) is 23.5. The number of hydrogen-bond donors (Lipinski definition) is 2. The quantitative estimate of drug-likeness (QED) is 0.332. The largest absolute Gasteiger partial charge is 0.356 e. The molecule has 1 aliphatic heterocycles. The molecule has 0 unspecified atom stereocenters. The molecule has 0 radical (unpaired) electrons. The summed E-state index contributed by atoms with van der Waals surface area (Å²) >= 11 is 0. The number of nitrogens with one attached hydrogen (secondary N) is 2. The number of carbonyl (C=O) groups excluding carboxylic acids is 1. The molecule has 2 atom stereocenters. The van der Waals surface area contributed by atoms with Crippen LogP contribution in [0.1, 0.15) is 11.1 Å². The monoisotopic (exact) mass is 441 g/mol. The maximum atomic E-state index is 12.6. The number of nitrogens with zero attached hydrogens (tertiary/aromatic N) is 1. The van der Waals surface area contributed by atoms with E-state index in [4.69, 9.17) is 9.47 Å². The van der Waals surface area contributed by atoms with Crippen LogP contribution in [0.2, 0.25) is 25.7 Å². The van der Waals surface area contributed by atoms with Gasteiger partial charge >= 0.3 is 6.03 Å². The highest BCUT2D eigenvalue weighted by Gasteiger charge is 2.31. The molecule has 2 aromatic rings. The number of benzene rings is 2. The third-order valence-electron chi connectivity index (χ3n) is 5.30. The Morgan fingerprint density at radius 3 is 2.29 bits per heavy atom. The van der Waals surface area contributed by atoms with Gasteiger partial charge in [0.1, 0.15) is 6.79 Å². The van der Waals surface area contributed by atoms with E-state index in [0.29, 0.717) is 26.1 Å². The minimum Gasteiger partial charge on any atom is -0.356 e. The number of amides is 2. The van der Waals surface area contributed by atoms with Gasteiger partial charge in [0.2, 0.25) is 0 Å². The molecule has 0 saturated carbocycles. The number of ether oxygens (including phenoxy) is 2. The molecule has 1 saturated heterocycles. The maximum Gasteiger partial charge on any atom is 0.329 e. The Bertz CT molecular complexity index is 799. The van der Waals surface area contributed by atoms with E-state index in [0.717, 1.165) is 17.2 Å². The highest BCUT2D eigenvalue weighted by Crippen LogP contribution is 2.15. The van der Waals surface area contributed by atoms with Crippen LogP contribution in [-0.4, -0.2) is 51.2 Å². The van der Waals surface area contributed by atoms with Gasteiger partial charge in [0.25, 0.3) is 0 Å². The number of hydrazine groups is 1. The van der Waals surface area contributed by atoms with Gasteiger partial charge in [0.15, 0.2) is 0 Å². The van der Waals surface area contributed by atoms with Gasteiger partial charge in [-0.05, 0) is 23.6 Å². The molecular weight excluding hydrogens is 406 g/mol. The number of urea groups is 1. The van der Waals surface area contributed by atoms with Crippen LogP contribution in [0.25, 0.3) is 0 Å². The molecule has 0 bridgehead atoms. The second kappa shape index (κ2) is 11.4. The summed E-state index contributed by atoms with van der Waals surface area (Å²) in [6, 6.07) is 21.1. The summed E-state index contributed by atoms with van der Waals surface area (Å²) in [7, 11) is -1.14. The van der Waals surface area contributed by atoms with Crippen LogP contribution in [0.5, 0.6) is 0 Å². The molecule has 7 heteroatoms. The smallest absolute Gasteiger partial charge is 0.329 e. The van der Waals surface area contributed by atoms with Crippen LogP contribution >= 0.6 is 0 Å². The average Bonchev–Trinajstić information content (AvgIpc) is 2.86. The Kier molecular flexibility index (Phi) is 8.66. The van der Waals surface area contributed by atoms with Crippen molar-refractivity contribution in [2.45, 2.75) is 50.8 Å². The standard InChI is InChI=1S/C24H35N3O3Si/c1-31(2,3)15-14-29-19-30-23-18-27(17-21-12-8-5-9-13-21)26-24(28)25-22(23)16-20-10-6-4-7-11-20/h4-13,22-23H,14-19H2,1-3H3,(H2,25,26,28)/t22-,23-/m1/s1. The summed E-state index contributed by atoms with van der Waals surface area (Å²) in [6.07, 6.45) is 0.502. The summed E-state index contributed by atoms with van der Waals surface area (Å²) in [5.74, 6) is 0. The van der Waals surface area contributed by atoms with E-state index >= 15 is 0 Å². The lowest BCUT2D eigenvalue weighted by Gasteiger charge is -2.28. The fourth-order valence-electron chi connectivity index (χ4n) is 3.53. The van der Waals surface area contributed by atoms with E-state index in [1.165, 1.54) is 0 Å². The van der Waals surface area contributed by atoms with Gasteiger partial charge in [-0.15, -0.1) is 0 Å². The van der Waals surface area contributed by atoms with Crippen molar-refractivity contribution in [1.29, 1.82) is 0 Å². The van der Waals surface area contributed by atoms with Gasteiger partial charge < -0.3 is 14.8 Å². The molecule has 1 fully saturated rings. The maximum absolute atomic E-state index is 12.6. The zero-order chi connectivity index (χ0) is 22.1. The third kappa shape index (κ3) is 8.45. The van der Waals surface area contributed by atoms with Crippen LogP contribution in [0.15, 0.2) is 60.7 Å². The van der Waals surface area contributed by atoms with E-state index in [2.05, 4.69) is 54.6 Å². The predicted octanol–water partition coefficient (Wildman–Crippen LogP) is 4.03. The molecule has 1 heterocycles. The molecule has 2 aromatic carbocycles. The number of hydrogen-bond acceptors (Lipinski definition) is 4. The Labute approximate surface area is 186 Å². The zero-order valence-corrected chi connectivity index (χ0v) is 19.8. The molecule has 2 amide bonds. The van der Waals surface area contributed by atoms with E-state index in [1.54, 1.807) is 0 Å². The molecule has 3 rings (SSSR count). The van der Waals surface area contributed by atoms with Crippen molar-refractivity contribution < 1.29 is 14.3 Å². The van der Waals surface area contributed by atoms with Crippen molar-refractivity contribution in [3.63, 3.8) is 0 Å². The van der Waals surface area contributed by atoms with Crippen molar-refractivity contribution in [1.82, 2.24) is 15.8 Å². The van der Waals surface area contributed by atoms with Gasteiger partial charge in [-0.2, -0.15) is 0 Å². The minimum atomic E-state index is -1.14. The van der Waals surface area contributed by atoms with E-state index in [-0.39, 0.29) is 25.0 Å². The highest BCUT2D eigenvalue weighted by atomic mass is 28.3. The van der Waals surface area contributed by atoms with Crippen LogP contribution in [0.3, 0.4) is 0 Å². The lowest BCUT2D eigenvalue weighted by molar-refractivity contribution is -0.102. The summed E-state index contributed by atoms with van der Waals surface area (Å²) in [6.45, 7) is 9.13. The van der Waals surface area contributed by atoms with E-state index < -0.39 is 8.07 Å². The third-order valence-corrected chi connectivity index (χ3v) is 7.01. The Balaban J connectivity index is 1.66. The van der Waals surface area contributed by atoms with Crippen LogP contribution < -0.4 is 10.7 Å². The summed E-state index contributed by atoms with van der Waals surface area (Å²) in [4.78, 5) is 12.6. The first-order valence-electron chi connectivity index (χ1n) is 11.0. The Hall–Kier alpha value is -2.19.